The lowest BCUT2D eigenvalue weighted by atomic mass is 10.2. The maximum absolute atomic E-state index is 13.6. The van der Waals surface area contributed by atoms with Crippen LogP contribution in [0.5, 0.6) is 0 Å². The van der Waals surface area contributed by atoms with E-state index in [-0.39, 0.29) is 11.5 Å². The molecule has 0 fully saturated rings. The summed E-state index contributed by atoms with van der Waals surface area (Å²) in [5, 5.41) is 4.39. The second-order valence-corrected chi connectivity index (χ2v) is 5.19. The van der Waals surface area contributed by atoms with Gasteiger partial charge in [0.05, 0.1) is 18.1 Å². The topological polar surface area (TPSA) is 66.9 Å². The van der Waals surface area contributed by atoms with Crippen LogP contribution in [0.25, 0.3) is 0 Å². The molecule has 138 valence electrons. The fraction of sp³-hybridized carbons (Fsp3) is 0. The smallest absolute Gasteiger partial charge is 0.275 e. The standard InChI is InChI=1S/C17H9F5N4O/c18-8-4-5-11(15(22)14(8)21)25-17(27)12-6-24-13(7-23-12)26-16-9(19)2-1-3-10(16)20/h1-7H,(H,24,26)(H,25,27). The summed E-state index contributed by atoms with van der Waals surface area (Å²) in [7, 11) is 0. The van der Waals surface area contributed by atoms with Gasteiger partial charge >= 0.3 is 0 Å². The molecule has 0 saturated carbocycles. The molecule has 10 heteroatoms. The molecule has 0 aliphatic heterocycles. The molecule has 0 unspecified atom stereocenters. The number of carbonyl (C=O) groups excluding carboxylic acids is 1. The Hall–Kier alpha value is -3.56. The Morgan fingerprint density at radius 3 is 2.15 bits per heavy atom. The van der Waals surface area contributed by atoms with Gasteiger partial charge in [-0.05, 0) is 24.3 Å². The van der Waals surface area contributed by atoms with E-state index in [2.05, 4.69) is 15.3 Å². The van der Waals surface area contributed by atoms with Crippen molar-refractivity contribution in [2.45, 2.75) is 0 Å². The third kappa shape index (κ3) is 3.84. The Kier molecular flexibility index (Phi) is 4.97. The molecule has 2 N–H and O–H groups in total. The highest BCUT2D eigenvalue weighted by molar-refractivity contribution is 6.02. The highest BCUT2D eigenvalue weighted by Crippen LogP contribution is 2.22. The van der Waals surface area contributed by atoms with Crippen molar-refractivity contribution in [2.24, 2.45) is 0 Å². The van der Waals surface area contributed by atoms with Gasteiger partial charge < -0.3 is 10.6 Å². The van der Waals surface area contributed by atoms with E-state index < -0.39 is 46.4 Å². The van der Waals surface area contributed by atoms with Crippen molar-refractivity contribution >= 4 is 23.1 Å². The Morgan fingerprint density at radius 2 is 1.52 bits per heavy atom. The molecule has 1 aromatic heterocycles. The highest BCUT2D eigenvalue weighted by Gasteiger charge is 2.17. The van der Waals surface area contributed by atoms with Crippen LogP contribution < -0.4 is 10.6 Å². The number of halogens is 5. The quantitative estimate of drug-likeness (QED) is 0.527. The van der Waals surface area contributed by atoms with Gasteiger partial charge in [0.25, 0.3) is 5.91 Å². The zero-order valence-electron chi connectivity index (χ0n) is 13.2. The Balaban J connectivity index is 1.75. The van der Waals surface area contributed by atoms with Crippen molar-refractivity contribution in [1.82, 2.24) is 9.97 Å². The van der Waals surface area contributed by atoms with Crippen LogP contribution >= 0.6 is 0 Å². The molecule has 0 radical (unpaired) electrons. The third-order valence-electron chi connectivity index (χ3n) is 3.38. The van der Waals surface area contributed by atoms with Crippen LogP contribution in [0.3, 0.4) is 0 Å². The van der Waals surface area contributed by atoms with E-state index in [4.69, 9.17) is 0 Å². The molecule has 2 aromatic carbocycles. The lowest BCUT2D eigenvalue weighted by Crippen LogP contribution is -2.16. The number of hydrogen-bond donors (Lipinski definition) is 2. The van der Waals surface area contributed by atoms with Crippen LogP contribution in [-0.4, -0.2) is 15.9 Å². The van der Waals surface area contributed by atoms with Crippen molar-refractivity contribution in [3.05, 3.63) is 77.5 Å². The van der Waals surface area contributed by atoms with Gasteiger partial charge in [0.1, 0.15) is 28.8 Å². The van der Waals surface area contributed by atoms with Crippen molar-refractivity contribution in [3.63, 3.8) is 0 Å². The fourth-order valence-electron chi connectivity index (χ4n) is 2.06. The SMILES string of the molecule is O=C(Nc1ccc(F)c(F)c1F)c1cnc(Nc2c(F)cccc2F)cn1. The van der Waals surface area contributed by atoms with Crippen LogP contribution in [0.4, 0.5) is 39.1 Å². The van der Waals surface area contributed by atoms with E-state index in [1.54, 1.807) is 0 Å². The first kappa shape index (κ1) is 18.2. The molecule has 27 heavy (non-hydrogen) atoms. The van der Waals surface area contributed by atoms with Crippen molar-refractivity contribution < 1.29 is 26.7 Å². The fourth-order valence-corrected chi connectivity index (χ4v) is 2.06. The zero-order valence-corrected chi connectivity index (χ0v) is 13.2. The van der Waals surface area contributed by atoms with Crippen molar-refractivity contribution in [1.29, 1.82) is 0 Å². The van der Waals surface area contributed by atoms with E-state index in [0.29, 0.717) is 6.07 Å². The summed E-state index contributed by atoms with van der Waals surface area (Å²) < 4.78 is 66.8. The summed E-state index contributed by atoms with van der Waals surface area (Å²) in [4.78, 5) is 19.5. The van der Waals surface area contributed by atoms with Crippen molar-refractivity contribution in [2.75, 3.05) is 10.6 Å². The second-order valence-electron chi connectivity index (χ2n) is 5.19. The normalized spacial score (nSPS) is 10.6. The minimum absolute atomic E-state index is 0.0606. The minimum Gasteiger partial charge on any atom is -0.334 e. The summed E-state index contributed by atoms with van der Waals surface area (Å²) in [6.07, 6.45) is 1.97. The van der Waals surface area contributed by atoms with Crippen LogP contribution in [-0.2, 0) is 0 Å². The van der Waals surface area contributed by atoms with Gasteiger partial charge in [-0.25, -0.2) is 31.9 Å². The molecular formula is C17H9F5N4O. The summed E-state index contributed by atoms with van der Waals surface area (Å²) in [5.74, 6) is -7.42. The van der Waals surface area contributed by atoms with Crippen LogP contribution in [0.15, 0.2) is 42.7 Å². The van der Waals surface area contributed by atoms with E-state index in [1.165, 1.54) is 6.07 Å². The summed E-state index contributed by atoms with van der Waals surface area (Å²) in [6.45, 7) is 0. The third-order valence-corrected chi connectivity index (χ3v) is 3.38. The average molecular weight is 380 g/mol. The van der Waals surface area contributed by atoms with Gasteiger partial charge in [-0.2, -0.15) is 0 Å². The number of rotatable bonds is 4. The predicted molar refractivity (Wildman–Crippen MR) is 85.9 cm³/mol. The first-order chi connectivity index (χ1) is 12.9. The number of aromatic nitrogens is 2. The summed E-state index contributed by atoms with van der Waals surface area (Å²) >= 11 is 0. The molecule has 0 aliphatic rings. The van der Waals surface area contributed by atoms with E-state index in [0.717, 1.165) is 30.6 Å². The number of amides is 1. The molecule has 5 nitrogen and oxygen atoms in total. The van der Waals surface area contributed by atoms with E-state index in [1.807, 2.05) is 5.32 Å². The van der Waals surface area contributed by atoms with Crippen LogP contribution in [0.1, 0.15) is 10.5 Å². The number of anilines is 3. The number of para-hydroxylation sites is 1. The Bertz CT molecular complexity index is 991. The maximum atomic E-state index is 13.6. The predicted octanol–water partition coefficient (Wildman–Crippen LogP) is 4.17. The molecule has 0 saturated heterocycles. The minimum atomic E-state index is -1.73. The Labute approximate surface area is 148 Å². The van der Waals surface area contributed by atoms with Crippen LogP contribution in [0, 0.1) is 29.1 Å². The average Bonchev–Trinajstić information content (AvgIpc) is 2.66. The number of hydrogen-bond acceptors (Lipinski definition) is 4. The molecule has 3 aromatic rings. The monoisotopic (exact) mass is 380 g/mol. The molecule has 3 rings (SSSR count). The Morgan fingerprint density at radius 1 is 0.815 bits per heavy atom. The molecule has 0 atom stereocenters. The zero-order chi connectivity index (χ0) is 19.6. The summed E-state index contributed by atoms with van der Waals surface area (Å²) in [5.41, 5.74) is -1.33. The molecular weight excluding hydrogens is 371 g/mol. The molecule has 0 aliphatic carbocycles. The number of carbonyl (C=O) groups is 1. The largest absolute Gasteiger partial charge is 0.334 e. The lowest BCUT2D eigenvalue weighted by molar-refractivity contribution is 0.102. The number of nitrogens with one attached hydrogen (secondary N) is 2. The van der Waals surface area contributed by atoms with Gasteiger partial charge in [0, 0.05) is 0 Å². The van der Waals surface area contributed by atoms with Gasteiger partial charge in [-0.1, -0.05) is 6.07 Å². The van der Waals surface area contributed by atoms with E-state index in [9.17, 15) is 26.7 Å². The maximum Gasteiger partial charge on any atom is 0.275 e. The van der Waals surface area contributed by atoms with Crippen LogP contribution in [0.2, 0.25) is 0 Å². The number of nitrogens with zero attached hydrogens (tertiary/aromatic N) is 2. The molecule has 1 amide bonds. The van der Waals surface area contributed by atoms with Gasteiger partial charge in [-0.3, -0.25) is 4.79 Å². The van der Waals surface area contributed by atoms with E-state index >= 15 is 0 Å². The van der Waals surface area contributed by atoms with Gasteiger partial charge in [-0.15, -0.1) is 0 Å². The first-order valence-electron chi connectivity index (χ1n) is 7.34. The van der Waals surface area contributed by atoms with Gasteiger partial charge in [0.15, 0.2) is 17.5 Å². The first-order valence-corrected chi connectivity index (χ1v) is 7.34. The highest BCUT2D eigenvalue weighted by atomic mass is 19.2. The second kappa shape index (κ2) is 7.36. The van der Waals surface area contributed by atoms with Gasteiger partial charge in [0.2, 0.25) is 0 Å². The number of benzene rings is 2. The van der Waals surface area contributed by atoms with Crippen molar-refractivity contribution in [3.8, 4) is 0 Å². The molecule has 0 bridgehead atoms. The lowest BCUT2D eigenvalue weighted by Gasteiger charge is -2.09. The molecule has 1 heterocycles. The molecule has 0 spiro atoms. The summed E-state index contributed by atoms with van der Waals surface area (Å²) in [6, 6.07) is 4.76.